The summed E-state index contributed by atoms with van der Waals surface area (Å²) < 4.78 is 0. The topological polar surface area (TPSA) is 32.6 Å². The molecule has 14 heavy (non-hydrogen) atoms. The molecule has 0 heterocycles. The van der Waals surface area contributed by atoms with Gasteiger partial charge in [-0.2, -0.15) is 0 Å². The fourth-order valence-electron chi connectivity index (χ4n) is 1.54. The van der Waals surface area contributed by atoms with Crippen molar-refractivity contribution in [3.05, 3.63) is 60.2 Å². The molecule has 0 saturated heterocycles. The molecule has 1 N–H and O–H groups in total. The summed E-state index contributed by atoms with van der Waals surface area (Å²) in [6.45, 7) is 0. The maximum Gasteiger partial charge on any atom is 0.0974 e. The summed E-state index contributed by atoms with van der Waals surface area (Å²) in [7, 11) is 0. The summed E-state index contributed by atoms with van der Waals surface area (Å²) in [5.41, 5.74) is 1.65. The van der Waals surface area contributed by atoms with Gasteiger partial charge in [-0.25, -0.2) is 0 Å². The fourth-order valence-corrected chi connectivity index (χ4v) is 1.54. The highest BCUT2D eigenvalue weighted by Crippen LogP contribution is 2.16. The Morgan fingerprint density at radius 2 is 1.71 bits per heavy atom. The first-order valence-corrected chi connectivity index (χ1v) is 4.54. The standard InChI is InChI=1S/C12H11NO/c14-13-12(11-8-4-5-9-11)10-6-2-1-3-7-10/h1-9,11,14H. The van der Waals surface area contributed by atoms with E-state index in [1.54, 1.807) is 0 Å². The van der Waals surface area contributed by atoms with Crippen LogP contribution in [0.1, 0.15) is 5.56 Å². The summed E-state index contributed by atoms with van der Waals surface area (Å²) in [5, 5.41) is 12.3. The molecule has 0 fully saturated rings. The van der Waals surface area contributed by atoms with Crippen LogP contribution in [0.2, 0.25) is 0 Å². The zero-order valence-electron chi connectivity index (χ0n) is 7.67. The molecule has 0 spiro atoms. The maximum atomic E-state index is 8.96. The van der Waals surface area contributed by atoms with E-state index in [9.17, 15) is 0 Å². The summed E-state index contributed by atoms with van der Waals surface area (Å²) in [6.07, 6.45) is 7.92. The molecule has 1 aromatic carbocycles. The Morgan fingerprint density at radius 1 is 1.07 bits per heavy atom. The minimum Gasteiger partial charge on any atom is -0.411 e. The van der Waals surface area contributed by atoms with Crippen molar-refractivity contribution < 1.29 is 5.21 Å². The highest BCUT2D eigenvalue weighted by atomic mass is 16.4. The molecule has 1 aliphatic rings. The second kappa shape index (κ2) is 3.92. The summed E-state index contributed by atoms with van der Waals surface area (Å²) >= 11 is 0. The lowest BCUT2D eigenvalue weighted by Gasteiger charge is -2.07. The predicted molar refractivity (Wildman–Crippen MR) is 56.5 cm³/mol. The molecular weight excluding hydrogens is 174 g/mol. The van der Waals surface area contributed by atoms with E-state index < -0.39 is 0 Å². The van der Waals surface area contributed by atoms with Crippen LogP contribution < -0.4 is 0 Å². The van der Waals surface area contributed by atoms with Gasteiger partial charge in [0.05, 0.1) is 5.71 Å². The lowest BCUT2D eigenvalue weighted by molar-refractivity contribution is 0.317. The third-order valence-corrected chi connectivity index (χ3v) is 2.24. The molecule has 0 atom stereocenters. The second-order valence-corrected chi connectivity index (χ2v) is 3.15. The second-order valence-electron chi connectivity index (χ2n) is 3.15. The predicted octanol–water partition coefficient (Wildman–Crippen LogP) is 2.61. The van der Waals surface area contributed by atoms with Gasteiger partial charge in [0, 0.05) is 11.5 Å². The molecule has 1 aliphatic carbocycles. The van der Waals surface area contributed by atoms with Gasteiger partial charge in [-0.1, -0.05) is 59.8 Å². The number of rotatable bonds is 2. The van der Waals surface area contributed by atoms with Gasteiger partial charge in [0.15, 0.2) is 0 Å². The molecule has 2 nitrogen and oxygen atoms in total. The smallest absolute Gasteiger partial charge is 0.0974 e. The number of oxime groups is 1. The SMILES string of the molecule is ON=C(c1ccccc1)C1C=CC=C1. The molecule has 2 rings (SSSR count). The average molecular weight is 185 g/mol. The fraction of sp³-hybridized carbons (Fsp3) is 0.0833. The lowest BCUT2D eigenvalue weighted by atomic mass is 9.98. The molecule has 0 aromatic heterocycles. The quantitative estimate of drug-likeness (QED) is 0.428. The maximum absolute atomic E-state index is 8.96. The summed E-state index contributed by atoms with van der Waals surface area (Å²) in [4.78, 5) is 0. The lowest BCUT2D eigenvalue weighted by Crippen LogP contribution is -2.10. The molecule has 0 radical (unpaired) electrons. The van der Waals surface area contributed by atoms with Crippen molar-refractivity contribution in [1.29, 1.82) is 0 Å². The van der Waals surface area contributed by atoms with Gasteiger partial charge in [0.1, 0.15) is 0 Å². The van der Waals surface area contributed by atoms with Crippen molar-refractivity contribution in [3.63, 3.8) is 0 Å². The first-order valence-electron chi connectivity index (χ1n) is 4.54. The van der Waals surface area contributed by atoms with E-state index in [4.69, 9.17) is 5.21 Å². The highest BCUT2D eigenvalue weighted by molar-refractivity contribution is 6.04. The van der Waals surface area contributed by atoms with Crippen molar-refractivity contribution in [1.82, 2.24) is 0 Å². The van der Waals surface area contributed by atoms with Gasteiger partial charge < -0.3 is 5.21 Å². The van der Waals surface area contributed by atoms with Gasteiger partial charge in [0.25, 0.3) is 0 Å². The zero-order chi connectivity index (χ0) is 9.80. The molecule has 0 amide bonds. The van der Waals surface area contributed by atoms with Gasteiger partial charge in [-0.05, 0) is 0 Å². The molecule has 1 aromatic rings. The van der Waals surface area contributed by atoms with E-state index in [0.29, 0.717) is 5.71 Å². The molecule has 0 aliphatic heterocycles. The van der Waals surface area contributed by atoms with E-state index in [2.05, 4.69) is 5.16 Å². The third kappa shape index (κ3) is 1.59. The Balaban J connectivity index is 2.32. The average Bonchev–Trinajstić information content (AvgIpc) is 2.74. The number of hydrogen-bond acceptors (Lipinski definition) is 2. The minimum atomic E-state index is 0.0994. The van der Waals surface area contributed by atoms with Crippen molar-refractivity contribution in [2.75, 3.05) is 0 Å². The normalized spacial score (nSPS) is 16.4. The molecule has 0 bridgehead atoms. The van der Waals surface area contributed by atoms with Crippen LogP contribution in [0.25, 0.3) is 0 Å². The highest BCUT2D eigenvalue weighted by Gasteiger charge is 2.14. The zero-order valence-corrected chi connectivity index (χ0v) is 7.67. The summed E-state index contributed by atoms with van der Waals surface area (Å²) in [5.74, 6) is 0.0994. The van der Waals surface area contributed by atoms with Crippen LogP contribution in [0.5, 0.6) is 0 Å². The van der Waals surface area contributed by atoms with E-state index in [0.717, 1.165) is 5.56 Å². The van der Waals surface area contributed by atoms with Crippen LogP contribution >= 0.6 is 0 Å². The van der Waals surface area contributed by atoms with Gasteiger partial charge in [-0.15, -0.1) is 0 Å². The molecule has 0 saturated carbocycles. The van der Waals surface area contributed by atoms with Crippen molar-refractivity contribution in [3.8, 4) is 0 Å². The first-order chi connectivity index (χ1) is 6.92. The van der Waals surface area contributed by atoms with E-state index in [-0.39, 0.29) is 5.92 Å². The number of allylic oxidation sites excluding steroid dienone is 4. The minimum absolute atomic E-state index is 0.0994. The van der Waals surface area contributed by atoms with Crippen LogP contribution in [-0.4, -0.2) is 10.9 Å². The Bertz CT molecular complexity index is 378. The number of benzene rings is 1. The Morgan fingerprint density at radius 3 is 2.29 bits per heavy atom. The van der Waals surface area contributed by atoms with Crippen molar-refractivity contribution >= 4 is 5.71 Å². The molecule has 2 heteroatoms. The van der Waals surface area contributed by atoms with Gasteiger partial charge >= 0.3 is 0 Å². The van der Waals surface area contributed by atoms with Crippen LogP contribution in [0, 0.1) is 5.92 Å². The monoisotopic (exact) mass is 185 g/mol. The van der Waals surface area contributed by atoms with Gasteiger partial charge in [0.2, 0.25) is 0 Å². The molecule has 70 valence electrons. The Labute approximate surface area is 82.9 Å². The van der Waals surface area contributed by atoms with E-state index in [1.807, 2.05) is 54.6 Å². The van der Waals surface area contributed by atoms with Crippen LogP contribution in [-0.2, 0) is 0 Å². The molecular formula is C12H11NO. The van der Waals surface area contributed by atoms with Crippen LogP contribution in [0.15, 0.2) is 59.8 Å². The van der Waals surface area contributed by atoms with Crippen molar-refractivity contribution in [2.24, 2.45) is 11.1 Å². The molecule has 0 unspecified atom stereocenters. The third-order valence-electron chi connectivity index (χ3n) is 2.24. The van der Waals surface area contributed by atoms with E-state index >= 15 is 0 Å². The number of hydrogen-bond donors (Lipinski definition) is 1. The Hall–Kier alpha value is -1.83. The largest absolute Gasteiger partial charge is 0.411 e. The first kappa shape index (κ1) is 8.75. The summed E-state index contributed by atoms with van der Waals surface area (Å²) in [6, 6.07) is 9.69. The Kier molecular flexibility index (Phi) is 2.45. The van der Waals surface area contributed by atoms with E-state index in [1.165, 1.54) is 0 Å². The van der Waals surface area contributed by atoms with Gasteiger partial charge in [-0.3, -0.25) is 0 Å². The van der Waals surface area contributed by atoms with Crippen LogP contribution in [0.4, 0.5) is 0 Å². The van der Waals surface area contributed by atoms with Crippen molar-refractivity contribution in [2.45, 2.75) is 0 Å². The number of nitrogens with zero attached hydrogens (tertiary/aromatic N) is 1. The van der Waals surface area contributed by atoms with Crippen LogP contribution in [0.3, 0.4) is 0 Å².